The van der Waals surface area contributed by atoms with Crippen molar-refractivity contribution in [1.82, 2.24) is 4.98 Å². The molecule has 2 aromatic carbocycles. The Kier molecular flexibility index (Phi) is 3.59. The number of benzene rings is 2. The molecule has 1 aliphatic heterocycles. The number of rotatable bonds is 3. The van der Waals surface area contributed by atoms with Gasteiger partial charge in [-0.1, -0.05) is 23.2 Å². The molecule has 0 saturated heterocycles. The van der Waals surface area contributed by atoms with Gasteiger partial charge in [-0.3, -0.25) is 0 Å². The molecule has 4 rings (SSSR count). The molecular weight excluding hydrogens is 320 g/mol. The molecule has 0 aliphatic carbocycles. The number of aliphatic hydroxyl groups is 1. The summed E-state index contributed by atoms with van der Waals surface area (Å²) in [4.78, 5) is 3.60. The molecule has 1 atom stereocenters. The second-order valence-electron chi connectivity index (χ2n) is 6.90. The Balaban J connectivity index is 2.03. The number of H-pyrrole nitrogens is 1. The van der Waals surface area contributed by atoms with E-state index in [2.05, 4.69) is 42.3 Å². The first-order chi connectivity index (χ1) is 11.5. The Labute approximate surface area is 146 Å². The number of nitrogens with one attached hydrogen (secondary N) is 2. The highest BCUT2D eigenvalue weighted by molar-refractivity contribution is 6.31. The van der Waals surface area contributed by atoms with Crippen molar-refractivity contribution >= 4 is 28.2 Å². The van der Waals surface area contributed by atoms with Crippen LogP contribution in [0.1, 0.15) is 30.9 Å². The summed E-state index contributed by atoms with van der Waals surface area (Å²) in [5.74, 6) is 0. The Morgan fingerprint density at radius 2 is 2.00 bits per heavy atom. The first-order valence-electron chi connectivity index (χ1n) is 8.33. The van der Waals surface area contributed by atoms with Crippen LogP contribution in [0.25, 0.3) is 22.2 Å². The van der Waals surface area contributed by atoms with Crippen LogP contribution in [-0.2, 0) is 5.54 Å². The highest BCUT2D eigenvalue weighted by Gasteiger charge is 2.37. The Morgan fingerprint density at radius 1 is 1.17 bits per heavy atom. The molecule has 0 spiro atoms. The number of aryl methyl sites for hydroxylation is 1. The van der Waals surface area contributed by atoms with Crippen molar-refractivity contribution in [3.05, 3.63) is 52.5 Å². The van der Waals surface area contributed by atoms with E-state index in [1.54, 1.807) is 0 Å². The lowest BCUT2D eigenvalue weighted by Crippen LogP contribution is -2.35. The third kappa shape index (κ3) is 2.31. The molecule has 1 aromatic heterocycles. The summed E-state index contributed by atoms with van der Waals surface area (Å²) >= 11 is 6.27. The molecule has 124 valence electrons. The predicted octanol–water partition coefficient (Wildman–Crippen LogP) is 5.21. The van der Waals surface area contributed by atoms with Crippen LogP contribution in [-0.4, -0.2) is 16.7 Å². The molecule has 4 heteroatoms. The van der Waals surface area contributed by atoms with Gasteiger partial charge in [0, 0.05) is 39.3 Å². The van der Waals surface area contributed by atoms with Crippen LogP contribution in [0, 0.1) is 6.92 Å². The molecule has 3 nitrogen and oxygen atoms in total. The summed E-state index contributed by atoms with van der Waals surface area (Å²) in [6.07, 6.45) is 1.60. The fourth-order valence-electron chi connectivity index (χ4n) is 3.89. The fraction of sp³-hybridized carbons (Fsp3) is 0.300. The summed E-state index contributed by atoms with van der Waals surface area (Å²) in [6.45, 7) is 4.51. The first kappa shape index (κ1) is 15.6. The van der Waals surface area contributed by atoms with E-state index in [1.165, 1.54) is 16.7 Å². The van der Waals surface area contributed by atoms with Crippen molar-refractivity contribution in [2.75, 3.05) is 11.9 Å². The minimum Gasteiger partial charge on any atom is -0.396 e. The van der Waals surface area contributed by atoms with Gasteiger partial charge in [0.2, 0.25) is 0 Å². The molecule has 0 bridgehead atoms. The zero-order valence-electron chi connectivity index (χ0n) is 13.9. The highest BCUT2D eigenvalue weighted by atomic mass is 35.5. The molecule has 3 N–H and O–H groups in total. The number of anilines is 1. The van der Waals surface area contributed by atoms with Crippen molar-refractivity contribution in [3.63, 3.8) is 0 Å². The second-order valence-corrected chi connectivity index (χ2v) is 7.33. The lowest BCUT2D eigenvalue weighted by atomic mass is 9.80. The van der Waals surface area contributed by atoms with Gasteiger partial charge in [0.25, 0.3) is 0 Å². The van der Waals surface area contributed by atoms with E-state index in [4.69, 9.17) is 11.6 Å². The van der Waals surface area contributed by atoms with Crippen molar-refractivity contribution in [1.29, 1.82) is 0 Å². The SMILES string of the molecule is Cc1ccc2c(c1)-c1[nH]c3ccc(Cl)cc3c1C(C)(CCCO)N2. The maximum Gasteiger partial charge on any atom is 0.0625 e. The smallest absolute Gasteiger partial charge is 0.0625 e. The number of aromatic nitrogens is 1. The largest absolute Gasteiger partial charge is 0.396 e. The fourth-order valence-corrected chi connectivity index (χ4v) is 4.07. The normalized spacial score (nSPS) is 19.0. The van der Waals surface area contributed by atoms with Gasteiger partial charge in [-0.05, 0) is 57.0 Å². The van der Waals surface area contributed by atoms with Gasteiger partial charge in [0.1, 0.15) is 0 Å². The van der Waals surface area contributed by atoms with E-state index in [0.717, 1.165) is 40.1 Å². The van der Waals surface area contributed by atoms with E-state index >= 15 is 0 Å². The Morgan fingerprint density at radius 3 is 2.79 bits per heavy atom. The Bertz CT molecular complexity index is 931. The number of halogens is 1. The quantitative estimate of drug-likeness (QED) is 0.613. The van der Waals surface area contributed by atoms with Crippen molar-refractivity contribution < 1.29 is 5.11 Å². The number of fused-ring (bicyclic) bond motifs is 5. The molecule has 0 saturated carbocycles. The van der Waals surface area contributed by atoms with Gasteiger partial charge in [-0.2, -0.15) is 0 Å². The summed E-state index contributed by atoms with van der Waals surface area (Å²) in [7, 11) is 0. The second kappa shape index (κ2) is 5.54. The molecule has 0 radical (unpaired) electrons. The average molecular weight is 341 g/mol. The van der Waals surface area contributed by atoms with Crippen LogP contribution in [0.3, 0.4) is 0 Å². The van der Waals surface area contributed by atoms with Crippen LogP contribution in [0.5, 0.6) is 0 Å². The average Bonchev–Trinajstić information content (AvgIpc) is 2.94. The van der Waals surface area contributed by atoms with Gasteiger partial charge >= 0.3 is 0 Å². The molecule has 0 fully saturated rings. The number of aromatic amines is 1. The van der Waals surface area contributed by atoms with E-state index in [1.807, 2.05) is 18.2 Å². The maximum absolute atomic E-state index is 9.34. The van der Waals surface area contributed by atoms with E-state index < -0.39 is 0 Å². The maximum atomic E-state index is 9.34. The van der Waals surface area contributed by atoms with Crippen LogP contribution < -0.4 is 5.32 Å². The molecule has 24 heavy (non-hydrogen) atoms. The molecule has 2 heterocycles. The monoisotopic (exact) mass is 340 g/mol. The zero-order valence-corrected chi connectivity index (χ0v) is 14.7. The standard InChI is InChI=1S/C20H21ClN2O/c1-12-4-6-17-15(10-12)19-18(20(2,23-17)8-3-9-24)14-11-13(21)5-7-16(14)22-19/h4-7,10-11,22-24H,3,8-9H2,1-2H3. The van der Waals surface area contributed by atoms with Crippen LogP contribution >= 0.6 is 11.6 Å². The summed E-state index contributed by atoms with van der Waals surface area (Å²) < 4.78 is 0. The van der Waals surface area contributed by atoms with Gasteiger partial charge in [0.15, 0.2) is 0 Å². The third-order valence-electron chi connectivity index (χ3n) is 5.00. The lowest BCUT2D eigenvalue weighted by molar-refractivity contribution is 0.270. The van der Waals surface area contributed by atoms with E-state index in [0.29, 0.717) is 0 Å². The van der Waals surface area contributed by atoms with Gasteiger partial charge in [0.05, 0.1) is 11.2 Å². The molecule has 0 amide bonds. The molecular formula is C20H21ClN2O. The van der Waals surface area contributed by atoms with Gasteiger partial charge < -0.3 is 15.4 Å². The molecule has 1 unspecified atom stereocenters. The molecule has 3 aromatic rings. The van der Waals surface area contributed by atoms with Crippen molar-refractivity contribution in [3.8, 4) is 11.3 Å². The summed E-state index contributed by atoms with van der Waals surface area (Å²) in [5.41, 5.74) is 6.80. The third-order valence-corrected chi connectivity index (χ3v) is 5.24. The highest BCUT2D eigenvalue weighted by Crippen LogP contribution is 2.48. The Hall–Kier alpha value is -1.97. The zero-order chi connectivity index (χ0) is 16.9. The van der Waals surface area contributed by atoms with Gasteiger partial charge in [-0.25, -0.2) is 0 Å². The summed E-state index contributed by atoms with van der Waals surface area (Å²) in [5, 5.41) is 14.9. The van der Waals surface area contributed by atoms with E-state index in [-0.39, 0.29) is 12.1 Å². The lowest BCUT2D eigenvalue weighted by Gasteiger charge is -2.38. The van der Waals surface area contributed by atoms with Crippen molar-refractivity contribution in [2.45, 2.75) is 32.2 Å². The van der Waals surface area contributed by atoms with Gasteiger partial charge in [-0.15, -0.1) is 0 Å². The predicted molar refractivity (Wildman–Crippen MR) is 101 cm³/mol. The van der Waals surface area contributed by atoms with Crippen LogP contribution in [0.15, 0.2) is 36.4 Å². The minimum atomic E-state index is -0.247. The first-order valence-corrected chi connectivity index (χ1v) is 8.71. The number of aliphatic hydroxyl groups excluding tert-OH is 1. The minimum absolute atomic E-state index is 0.191. The van der Waals surface area contributed by atoms with Crippen LogP contribution in [0.4, 0.5) is 5.69 Å². The van der Waals surface area contributed by atoms with Crippen molar-refractivity contribution in [2.24, 2.45) is 0 Å². The van der Waals surface area contributed by atoms with E-state index in [9.17, 15) is 5.11 Å². The van der Waals surface area contributed by atoms with Crippen LogP contribution in [0.2, 0.25) is 5.02 Å². The summed E-state index contributed by atoms with van der Waals surface area (Å²) in [6, 6.07) is 12.5. The number of hydrogen-bond donors (Lipinski definition) is 3. The molecule has 1 aliphatic rings. The number of hydrogen-bond acceptors (Lipinski definition) is 2. The topological polar surface area (TPSA) is 48.0 Å².